The fraction of sp³-hybridized carbons (Fsp3) is 0.394. The van der Waals surface area contributed by atoms with Gasteiger partial charge < -0.3 is 14.8 Å². The number of hydrogen-bond donors (Lipinski definition) is 1. The van der Waals surface area contributed by atoms with Crippen LogP contribution in [0.1, 0.15) is 64.8 Å². The average Bonchev–Trinajstić information content (AvgIpc) is 3.64. The Morgan fingerprint density at radius 3 is 1.80 bits per heavy atom. The number of benzene rings is 2. The van der Waals surface area contributed by atoms with Crippen molar-refractivity contribution in [3.8, 4) is 11.4 Å². The smallest absolute Gasteiger partial charge is 0.359 e. The maximum atomic E-state index is 12.3. The third-order valence-electron chi connectivity index (χ3n) is 7.36. The number of nitrogens with one attached hydrogen (secondary N) is 1. The van der Waals surface area contributed by atoms with Gasteiger partial charge in [-0.1, -0.05) is 51.4 Å². The molecule has 12 nitrogen and oxygen atoms in total. The molecule has 0 saturated carbocycles. The molecule has 50 heavy (non-hydrogen) atoms. The van der Waals surface area contributed by atoms with Gasteiger partial charge in [0.1, 0.15) is 10.0 Å². The minimum atomic E-state index is -1.14. The molecule has 0 saturated heterocycles. The van der Waals surface area contributed by atoms with Crippen LogP contribution in [0.25, 0.3) is 11.4 Å². The van der Waals surface area contributed by atoms with Crippen molar-refractivity contribution in [2.24, 2.45) is 0 Å². The van der Waals surface area contributed by atoms with Crippen molar-refractivity contribution >= 4 is 75.5 Å². The number of halogens is 3. The molecule has 6 rings (SSSR count). The first kappa shape index (κ1) is 41.7. The van der Waals surface area contributed by atoms with E-state index < -0.39 is 27.0 Å². The van der Waals surface area contributed by atoms with Gasteiger partial charge in [-0.2, -0.15) is 10.2 Å². The number of ether oxygens (including phenoxy) is 2. The van der Waals surface area contributed by atoms with E-state index in [1.54, 1.807) is 24.8 Å². The van der Waals surface area contributed by atoms with E-state index in [9.17, 15) is 18.0 Å². The van der Waals surface area contributed by atoms with E-state index in [4.69, 9.17) is 20.2 Å². The molecular weight excluding hydrogens is 836 g/mol. The molecule has 2 aliphatic rings. The maximum absolute atomic E-state index is 12.3. The zero-order chi connectivity index (χ0) is 35.7. The van der Waals surface area contributed by atoms with E-state index in [1.165, 1.54) is 6.26 Å². The Morgan fingerprint density at radius 1 is 0.860 bits per heavy atom. The van der Waals surface area contributed by atoms with Gasteiger partial charge in [-0.3, -0.25) is 0 Å². The molecule has 0 aliphatic carbocycles. The molecule has 0 spiro atoms. The molecule has 2 aromatic heterocycles. The summed E-state index contributed by atoms with van der Waals surface area (Å²) in [6.45, 7) is 6.84. The van der Waals surface area contributed by atoms with Crippen molar-refractivity contribution < 1.29 is 27.5 Å². The van der Waals surface area contributed by atoms with E-state index >= 15 is 0 Å². The molecule has 4 aromatic rings. The third-order valence-corrected chi connectivity index (χ3v) is 9.38. The molecule has 2 unspecified atom stereocenters. The number of fused-ring (bicyclic) bond motifs is 2. The summed E-state index contributed by atoms with van der Waals surface area (Å²) in [7, 11) is 2.52. The molecule has 272 valence electrons. The van der Waals surface area contributed by atoms with Crippen LogP contribution in [0.5, 0.6) is 0 Å². The topological polar surface area (TPSA) is 138 Å². The van der Waals surface area contributed by atoms with E-state index in [2.05, 4.69) is 47.4 Å². The standard InChI is InChI=1S/C16H18BrN3O3S.C15H16BrN3O2.CH3ClOS.CH4/c1-3-23-16(21)15-13-10-19(24(2)22)8-7-14(13)20(18-15)12-6-4-5-11(17)9-12;1-2-21-15(20)14-12-9-17-7-6-13(12)19(18-14)11-5-3-4-10(16)8-11;1-4(2)3;/h4-6,9H,3,7-8,10H2,1-2H3;3-5,8,17H,2,6-7,9H2,1H3;1H3;1H4. The molecule has 2 aromatic carbocycles. The number of esters is 2. The third kappa shape index (κ3) is 10.7. The minimum absolute atomic E-state index is 0. The van der Waals surface area contributed by atoms with Gasteiger partial charge in [0.15, 0.2) is 11.4 Å². The fourth-order valence-electron chi connectivity index (χ4n) is 5.33. The molecule has 2 aliphatic heterocycles. The van der Waals surface area contributed by atoms with Gasteiger partial charge in [0.2, 0.25) is 0 Å². The SMILES string of the molecule is C.CCOC(=O)c1nn(-c2cccc(Br)c2)c2c1CN(S(C)=O)CC2.CCOC(=O)c1nn(-c2cccc(Br)c2)c2c1CNCC2.CS(=O)Cl. The number of carbonyl (C=O) groups excluding carboxylic acids is 2. The van der Waals surface area contributed by atoms with Crippen LogP contribution in [0.15, 0.2) is 57.5 Å². The molecule has 2 atom stereocenters. The Bertz CT molecular complexity index is 1850. The van der Waals surface area contributed by atoms with Crippen molar-refractivity contribution in [2.45, 2.75) is 47.2 Å². The highest BCUT2D eigenvalue weighted by molar-refractivity contribution is 9.10. The summed E-state index contributed by atoms with van der Waals surface area (Å²) in [5.41, 5.74) is 6.34. The van der Waals surface area contributed by atoms with E-state index in [-0.39, 0.29) is 13.4 Å². The van der Waals surface area contributed by atoms with Gasteiger partial charge in [0.05, 0.1) is 47.0 Å². The number of hydrogen-bond acceptors (Lipinski definition) is 9. The molecule has 1 N–H and O–H groups in total. The largest absolute Gasteiger partial charge is 0.461 e. The van der Waals surface area contributed by atoms with Crippen LogP contribution in [-0.4, -0.2) is 83.0 Å². The van der Waals surface area contributed by atoms with Crippen molar-refractivity contribution in [1.29, 1.82) is 0 Å². The minimum Gasteiger partial charge on any atom is -0.461 e. The normalized spacial score (nSPS) is 14.6. The molecular formula is C33H41Br2ClN6O6S2. The van der Waals surface area contributed by atoms with Gasteiger partial charge in [0, 0.05) is 71.6 Å². The molecule has 0 fully saturated rings. The van der Waals surface area contributed by atoms with Crippen LogP contribution >= 0.6 is 42.5 Å². The lowest BCUT2D eigenvalue weighted by Crippen LogP contribution is -2.32. The zero-order valence-corrected chi connectivity index (χ0v) is 33.0. The predicted octanol–water partition coefficient (Wildman–Crippen LogP) is 6.08. The Hall–Kier alpha value is -2.73. The number of carbonyl (C=O) groups is 2. The van der Waals surface area contributed by atoms with Crippen LogP contribution in [0.4, 0.5) is 0 Å². The highest BCUT2D eigenvalue weighted by Gasteiger charge is 2.31. The summed E-state index contributed by atoms with van der Waals surface area (Å²) in [5, 5.41) is 12.3. The summed E-state index contributed by atoms with van der Waals surface area (Å²) in [5.74, 6) is -0.794. The van der Waals surface area contributed by atoms with Gasteiger partial charge in [-0.15, -0.1) is 0 Å². The molecule has 0 amide bonds. The first-order valence-corrected chi connectivity index (χ1v) is 20.8. The number of rotatable bonds is 7. The second kappa shape index (κ2) is 19.8. The Kier molecular flexibility index (Phi) is 16.5. The monoisotopic (exact) mass is 874 g/mol. The Morgan fingerprint density at radius 2 is 1.34 bits per heavy atom. The van der Waals surface area contributed by atoms with Crippen molar-refractivity contribution in [3.05, 3.63) is 91.4 Å². The molecule has 0 bridgehead atoms. The average molecular weight is 877 g/mol. The fourth-order valence-corrected chi connectivity index (χ4v) is 6.77. The van der Waals surface area contributed by atoms with Crippen molar-refractivity contribution in [1.82, 2.24) is 29.2 Å². The lowest BCUT2D eigenvalue weighted by atomic mass is 10.1. The quantitative estimate of drug-likeness (QED) is 0.173. The number of nitrogens with zero attached hydrogens (tertiary/aromatic N) is 5. The van der Waals surface area contributed by atoms with Crippen LogP contribution in [-0.2, 0) is 56.4 Å². The van der Waals surface area contributed by atoms with Gasteiger partial charge >= 0.3 is 11.9 Å². The first-order valence-electron chi connectivity index (χ1n) is 15.3. The molecule has 0 radical (unpaired) electrons. The number of aromatic nitrogens is 4. The lowest BCUT2D eigenvalue weighted by Gasteiger charge is -2.25. The Balaban J connectivity index is 0.000000242. The van der Waals surface area contributed by atoms with Crippen LogP contribution in [0, 0.1) is 0 Å². The van der Waals surface area contributed by atoms with E-state index in [0.29, 0.717) is 50.7 Å². The van der Waals surface area contributed by atoms with Crippen LogP contribution in [0.3, 0.4) is 0 Å². The van der Waals surface area contributed by atoms with E-state index in [0.717, 1.165) is 55.8 Å². The van der Waals surface area contributed by atoms with Crippen molar-refractivity contribution in [3.63, 3.8) is 0 Å². The summed E-state index contributed by atoms with van der Waals surface area (Å²) in [6.07, 6.45) is 4.57. The zero-order valence-electron chi connectivity index (χ0n) is 27.4. The summed E-state index contributed by atoms with van der Waals surface area (Å²) < 4.78 is 38.8. The Labute approximate surface area is 319 Å². The van der Waals surface area contributed by atoms with Crippen LogP contribution < -0.4 is 5.32 Å². The van der Waals surface area contributed by atoms with Crippen molar-refractivity contribution in [2.75, 3.05) is 38.8 Å². The summed E-state index contributed by atoms with van der Waals surface area (Å²) in [6, 6.07) is 15.6. The summed E-state index contributed by atoms with van der Waals surface area (Å²) in [4.78, 5) is 24.4. The summed E-state index contributed by atoms with van der Waals surface area (Å²) >= 11 is 6.93. The lowest BCUT2D eigenvalue weighted by molar-refractivity contribution is 0.0507. The second-order valence-corrected chi connectivity index (χ2v) is 15.9. The first-order chi connectivity index (χ1) is 23.4. The molecule has 4 heterocycles. The van der Waals surface area contributed by atoms with Crippen LogP contribution in [0.2, 0.25) is 0 Å². The second-order valence-electron chi connectivity index (χ2n) is 10.6. The van der Waals surface area contributed by atoms with Gasteiger partial charge in [-0.25, -0.2) is 31.7 Å². The van der Waals surface area contributed by atoms with Gasteiger partial charge in [-0.05, 0) is 60.9 Å². The maximum Gasteiger partial charge on any atom is 0.359 e. The highest BCUT2D eigenvalue weighted by Crippen LogP contribution is 2.28. The highest BCUT2D eigenvalue weighted by atomic mass is 79.9. The van der Waals surface area contributed by atoms with E-state index in [1.807, 2.05) is 57.5 Å². The predicted molar refractivity (Wildman–Crippen MR) is 205 cm³/mol. The molecule has 17 heteroatoms. The van der Waals surface area contributed by atoms with Gasteiger partial charge in [0.25, 0.3) is 0 Å².